The van der Waals surface area contributed by atoms with Crippen molar-refractivity contribution in [3.63, 3.8) is 0 Å². The van der Waals surface area contributed by atoms with Gasteiger partial charge in [-0.1, -0.05) is 35.5 Å². The molecule has 0 aromatic heterocycles. The SMILES string of the molecule is CCOC(=O)COc1ccc(-c2nocc3c(C(=O)c4ccc(CCl)cc4)ccc2-3)cc1. The quantitative estimate of drug-likeness (QED) is 0.205. The van der Waals surface area contributed by atoms with Crippen molar-refractivity contribution in [2.45, 2.75) is 12.8 Å². The van der Waals surface area contributed by atoms with Gasteiger partial charge in [0.15, 0.2) is 12.4 Å². The van der Waals surface area contributed by atoms with Gasteiger partial charge in [-0.15, -0.1) is 11.6 Å². The number of hydrogen-bond acceptors (Lipinski definition) is 6. The van der Waals surface area contributed by atoms with Crippen LogP contribution in [-0.2, 0) is 15.4 Å². The van der Waals surface area contributed by atoms with E-state index in [1.165, 1.54) is 6.26 Å². The lowest BCUT2D eigenvalue weighted by atomic mass is 9.98. The van der Waals surface area contributed by atoms with Crippen LogP contribution >= 0.6 is 11.6 Å². The predicted octanol–water partition coefficient (Wildman–Crippen LogP) is 5.36. The second-order valence-electron chi connectivity index (χ2n) is 7.02. The van der Waals surface area contributed by atoms with Crippen molar-refractivity contribution >= 4 is 23.4 Å². The molecule has 0 saturated carbocycles. The Morgan fingerprint density at radius 2 is 1.72 bits per heavy atom. The van der Waals surface area contributed by atoms with Gasteiger partial charge >= 0.3 is 5.97 Å². The molecule has 0 saturated heterocycles. The summed E-state index contributed by atoms with van der Waals surface area (Å²) in [4.78, 5) is 24.5. The lowest BCUT2D eigenvalue weighted by Crippen LogP contribution is -2.14. The van der Waals surface area contributed by atoms with Crippen LogP contribution in [0.3, 0.4) is 0 Å². The van der Waals surface area contributed by atoms with Gasteiger partial charge in [-0.2, -0.15) is 0 Å². The Morgan fingerprint density at radius 3 is 2.41 bits per heavy atom. The number of ketones is 1. The van der Waals surface area contributed by atoms with Crippen LogP contribution in [0.1, 0.15) is 28.4 Å². The first kappa shape index (κ1) is 21.6. The molecular formula is C25H20ClNO5. The summed E-state index contributed by atoms with van der Waals surface area (Å²) >= 11 is 5.83. The molecule has 2 aliphatic rings. The average molecular weight is 450 g/mol. The number of carbonyl (C=O) groups excluding carboxylic acids is 2. The maximum absolute atomic E-state index is 13.0. The molecule has 0 N–H and O–H groups in total. The van der Waals surface area contributed by atoms with Gasteiger partial charge < -0.3 is 14.0 Å². The van der Waals surface area contributed by atoms with Crippen LogP contribution in [0.25, 0.3) is 22.4 Å². The minimum atomic E-state index is -0.423. The van der Waals surface area contributed by atoms with Crippen molar-refractivity contribution in [1.82, 2.24) is 5.16 Å². The minimum Gasteiger partial charge on any atom is -0.482 e. The molecule has 2 aromatic carbocycles. The smallest absolute Gasteiger partial charge is 0.344 e. The highest BCUT2D eigenvalue weighted by molar-refractivity contribution is 6.17. The molecule has 7 heteroatoms. The minimum absolute atomic E-state index is 0.101. The van der Waals surface area contributed by atoms with Crippen LogP contribution in [0, 0.1) is 0 Å². The van der Waals surface area contributed by atoms with Gasteiger partial charge in [-0.25, -0.2) is 4.79 Å². The number of halogens is 1. The Labute approximate surface area is 190 Å². The number of rotatable bonds is 8. The predicted molar refractivity (Wildman–Crippen MR) is 120 cm³/mol. The third-order valence-electron chi connectivity index (χ3n) is 4.97. The Morgan fingerprint density at radius 1 is 0.969 bits per heavy atom. The first-order valence-electron chi connectivity index (χ1n) is 10.1. The Balaban J connectivity index is 1.55. The van der Waals surface area contributed by atoms with Crippen molar-refractivity contribution in [3.05, 3.63) is 83.6 Å². The van der Waals surface area contributed by atoms with Crippen molar-refractivity contribution < 1.29 is 23.6 Å². The third kappa shape index (κ3) is 4.50. The molecule has 0 radical (unpaired) electrons. The van der Waals surface area contributed by atoms with Gasteiger partial charge in [0.2, 0.25) is 0 Å². The molecule has 0 fully saturated rings. The van der Waals surface area contributed by atoms with Gasteiger partial charge in [0.25, 0.3) is 0 Å². The largest absolute Gasteiger partial charge is 0.482 e. The van der Waals surface area contributed by atoms with Gasteiger partial charge in [0.1, 0.15) is 17.7 Å². The van der Waals surface area contributed by atoms with Gasteiger partial charge in [-0.3, -0.25) is 4.79 Å². The van der Waals surface area contributed by atoms with Crippen molar-refractivity contribution in [1.29, 1.82) is 0 Å². The monoisotopic (exact) mass is 449 g/mol. The lowest BCUT2D eigenvalue weighted by molar-refractivity contribution is -0.145. The summed E-state index contributed by atoms with van der Waals surface area (Å²) < 4.78 is 15.6. The fraction of sp³-hybridized carbons (Fsp3) is 0.160. The summed E-state index contributed by atoms with van der Waals surface area (Å²) in [5, 5.41) is 4.16. The van der Waals surface area contributed by atoms with Crippen molar-refractivity contribution in [3.8, 4) is 28.1 Å². The van der Waals surface area contributed by atoms with Crippen LogP contribution < -0.4 is 4.74 Å². The van der Waals surface area contributed by atoms with E-state index in [1.54, 1.807) is 37.3 Å². The average Bonchev–Trinajstić information content (AvgIpc) is 3.27. The molecule has 0 bridgehead atoms. The number of hydrogen-bond donors (Lipinski definition) is 0. The van der Waals surface area contributed by atoms with E-state index in [-0.39, 0.29) is 12.4 Å². The molecule has 6 nitrogen and oxygen atoms in total. The number of nitrogens with zero attached hydrogens (tertiary/aromatic N) is 1. The Kier molecular flexibility index (Phi) is 6.52. The Hall–Kier alpha value is -3.64. The molecule has 0 spiro atoms. The molecule has 4 rings (SSSR count). The molecule has 2 aromatic rings. The standard InChI is InChI=1S/C25H20ClNO5/c1-2-30-23(28)15-31-19-9-7-17(8-10-19)24-20-11-12-21(22(20)14-32-27-24)25(29)18-5-3-16(13-26)4-6-18/h3-12,14H,2,13,15H2,1H3. The molecule has 1 aliphatic carbocycles. The van der Waals surface area contributed by atoms with E-state index in [0.29, 0.717) is 40.6 Å². The zero-order valence-corrected chi connectivity index (χ0v) is 18.1. The van der Waals surface area contributed by atoms with E-state index < -0.39 is 5.97 Å². The van der Waals surface area contributed by atoms with Crippen LogP contribution in [0.5, 0.6) is 5.75 Å². The number of esters is 1. The molecule has 0 amide bonds. The maximum Gasteiger partial charge on any atom is 0.344 e. The summed E-state index contributed by atoms with van der Waals surface area (Å²) in [7, 11) is 0. The molecule has 0 unspecified atom stereocenters. The highest BCUT2D eigenvalue weighted by Crippen LogP contribution is 2.37. The number of carbonyl (C=O) groups is 2. The normalized spacial score (nSPS) is 10.8. The molecule has 1 heterocycles. The summed E-state index contributed by atoms with van der Waals surface area (Å²) in [5.41, 5.74) is 4.95. The highest BCUT2D eigenvalue weighted by atomic mass is 35.5. The summed E-state index contributed by atoms with van der Waals surface area (Å²) in [6, 6.07) is 18.0. The van der Waals surface area contributed by atoms with Crippen LogP contribution in [0.15, 0.2) is 71.4 Å². The maximum atomic E-state index is 13.0. The molecular weight excluding hydrogens is 430 g/mol. The van der Waals surface area contributed by atoms with E-state index in [0.717, 1.165) is 16.7 Å². The first-order chi connectivity index (χ1) is 15.6. The molecule has 1 aliphatic heterocycles. The summed E-state index contributed by atoms with van der Waals surface area (Å²) in [6.07, 6.45) is 1.48. The zero-order chi connectivity index (χ0) is 22.5. The summed E-state index contributed by atoms with van der Waals surface area (Å²) in [6.45, 7) is 1.89. The van der Waals surface area contributed by atoms with E-state index in [9.17, 15) is 9.59 Å². The topological polar surface area (TPSA) is 78.6 Å². The second kappa shape index (κ2) is 9.66. The number of fused-ring (bicyclic) bond motifs is 1. The van der Waals surface area contributed by atoms with E-state index >= 15 is 0 Å². The number of alkyl halides is 1. The van der Waals surface area contributed by atoms with Crippen molar-refractivity contribution in [2.24, 2.45) is 0 Å². The first-order valence-corrected chi connectivity index (χ1v) is 10.6. The summed E-state index contributed by atoms with van der Waals surface area (Å²) in [5.74, 6) is 0.405. The number of aromatic nitrogens is 1. The number of benzene rings is 2. The fourth-order valence-corrected chi connectivity index (χ4v) is 3.54. The number of ether oxygens (including phenoxy) is 2. The van der Waals surface area contributed by atoms with Crippen LogP contribution in [0.4, 0.5) is 0 Å². The van der Waals surface area contributed by atoms with E-state index in [2.05, 4.69) is 5.16 Å². The third-order valence-corrected chi connectivity index (χ3v) is 5.28. The van der Waals surface area contributed by atoms with Gasteiger partial charge in [-0.05, 0) is 42.8 Å². The van der Waals surface area contributed by atoms with E-state index in [1.807, 2.05) is 30.3 Å². The zero-order valence-electron chi connectivity index (χ0n) is 17.3. The second-order valence-corrected chi connectivity index (χ2v) is 7.28. The van der Waals surface area contributed by atoms with Gasteiger partial charge in [0, 0.05) is 33.7 Å². The van der Waals surface area contributed by atoms with E-state index in [4.69, 9.17) is 25.6 Å². The Bertz CT molecular complexity index is 1200. The lowest BCUT2D eigenvalue weighted by Gasteiger charge is -2.09. The molecule has 32 heavy (non-hydrogen) atoms. The van der Waals surface area contributed by atoms with Crippen molar-refractivity contribution in [2.75, 3.05) is 13.2 Å². The van der Waals surface area contributed by atoms with Crippen LogP contribution in [-0.4, -0.2) is 30.1 Å². The molecule has 0 atom stereocenters. The van der Waals surface area contributed by atoms with Crippen LogP contribution in [0.2, 0.25) is 0 Å². The fourth-order valence-electron chi connectivity index (χ4n) is 3.37. The highest BCUT2D eigenvalue weighted by Gasteiger charge is 2.22. The van der Waals surface area contributed by atoms with Gasteiger partial charge in [0.05, 0.1) is 6.61 Å². The molecule has 162 valence electrons.